The summed E-state index contributed by atoms with van der Waals surface area (Å²) in [6.45, 7) is 7.00. The first-order chi connectivity index (χ1) is 15.4. The molecule has 2 aliphatic heterocycles. The van der Waals surface area contributed by atoms with E-state index in [1.54, 1.807) is 32.2 Å². The van der Waals surface area contributed by atoms with Crippen LogP contribution in [-0.4, -0.2) is 79.0 Å². The van der Waals surface area contributed by atoms with Crippen LogP contribution in [-0.2, 0) is 14.3 Å². The number of halogens is 1. The van der Waals surface area contributed by atoms with E-state index < -0.39 is 12.0 Å². The van der Waals surface area contributed by atoms with Crippen LogP contribution in [0.2, 0.25) is 5.02 Å². The van der Waals surface area contributed by atoms with E-state index in [0.29, 0.717) is 54.5 Å². The molecule has 8 nitrogen and oxygen atoms in total. The number of rotatable bonds is 6. The fourth-order valence-electron chi connectivity index (χ4n) is 4.15. The van der Waals surface area contributed by atoms with Gasteiger partial charge < -0.3 is 15.0 Å². The number of esters is 1. The van der Waals surface area contributed by atoms with E-state index in [1.807, 2.05) is 17.9 Å². The molecule has 0 aromatic heterocycles. The van der Waals surface area contributed by atoms with Gasteiger partial charge in [-0.1, -0.05) is 36.7 Å². The van der Waals surface area contributed by atoms with Gasteiger partial charge in [0.1, 0.15) is 0 Å². The van der Waals surface area contributed by atoms with E-state index in [9.17, 15) is 14.4 Å². The molecule has 32 heavy (non-hydrogen) atoms. The Kier molecular flexibility index (Phi) is 8.15. The quantitative estimate of drug-likeness (QED) is 0.657. The zero-order chi connectivity index (χ0) is 23.3. The molecule has 0 saturated carbocycles. The van der Waals surface area contributed by atoms with E-state index in [4.69, 9.17) is 16.3 Å². The van der Waals surface area contributed by atoms with Gasteiger partial charge in [0.2, 0.25) is 5.91 Å². The molecule has 0 aliphatic carbocycles. The van der Waals surface area contributed by atoms with Crippen LogP contribution in [0, 0.1) is 0 Å². The standard InChI is InChI=1S/C23H31ClN4O4/c1-4-19(29)28-12-8-11-27(13-14-28)15-18-20(22(30)32-5-2)21(25-23(31)26(18)3)16-9-6-7-10-17(16)24/h6-7,9-10,21H,4-5,8,11-15H2,1-3H3,(H,25,31)/t21-/m1/s1. The highest BCUT2D eigenvalue weighted by molar-refractivity contribution is 6.31. The highest BCUT2D eigenvalue weighted by Crippen LogP contribution is 2.34. The van der Waals surface area contributed by atoms with Gasteiger partial charge in [-0.05, 0) is 25.0 Å². The second-order valence-corrected chi connectivity index (χ2v) is 8.32. The van der Waals surface area contributed by atoms with Gasteiger partial charge in [-0.2, -0.15) is 0 Å². The Morgan fingerprint density at radius 3 is 2.59 bits per heavy atom. The van der Waals surface area contributed by atoms with Crippen molar-refractivity contribution in [2.24, 2.45) is 0 Å². The largest absolute Gasteiger partial charge is 0.463 e. The molecule has 2 heterocycles. The number of carbonyl (C=O) groups excluding carboxylic acids is 3. The number of nitrogens with zero attached hydrogens (tertiary/aromatic N) is 3. The van der Waals surface area contributed by atoms with Gasteiger partial charge in [-0.25, -0.2) is 9.59 Å². The summed E-state index contributed by atoms with van der Waals surface area (Å²) in [6.07, 6.45) is 1.32. The minimum absolute atomic E-state index is 0.145. The number of hydrogen-bond acceptors (Lipinski definition) is 5. The van der Waals surface area contributed by atoms with Crippen LogP contribution in [0.3, 0.4) is 0 Å². The van der Waals surface area contributed by atoms with E-state index in [0.717, 1.165) is 13.0 Å². The van der Waals surface area contributed by atoms with Crippen LogP contribution in [0.1, 0.15) is 38.3 Å². The normalized spacial score (nSPS) is 20.1. The average Bonchev–Trinajstić information content (AvgIpc) is 3.02. The first-order valence-corrected chi connectivity index (χ1v) is 11.4. The molecule has 1 aromatic rings. The summed E-state index contributed by atoms with van der Waals surface area (Å²) in [7, 11) is 1.65. The zero-order valence-electron chi connectivity index (χ0n) is 18.9. The Hall–Kier alpha value is -2.58. The lowest BCUT2D eigenvalue weighted by Gasteiger charge is -2.36. The van der Waals surface area contributed by atoms with Crippen molar-refractivity contribution in [3.05, 3.63) is 46.1 Å². The summed E-state index contributed by atoms with van der Waals surface area (Å²) in [6, 6.07) is 6.15. The molecule has 3 rings (SSSR count). The molecule has 3 amide bonds. The number of carbonyl (C=O) groups is 3. The van der Waals surface area contributed by atoms with E-state index in [-0.39, 0.29) is 18.5 Å². The predicted molar refractivity (Wildman–Crippen MR) is 122 cm³/mol. The van der Waals surface area contributed by atoms with Crippen LogP contribution in [0.15, 0.2) is 35.5 Å². The number of urea groups is 1. The first-order valence-electron chi connectivity index (χ1n) is 11.1. The van der Waals surface area contributed by atoms with Crippen molar-refractivity contribution in [3.8, 4) is 0 Å². The van der Waals surface area contributed by atoms with Gasteiger partial charge >= 0.3 is 12.0 Å². The van der Waals surface area contributed by atoms with Crippen LogP contribution >= 0.6 is 11.6 Å². The van der Waals surface area contributed by atoms with Gasteiger partial charge in [-0.3, -0.25) is 14.6 Å². The molecule has 9 heteroatoms. The van der Waals surface area contributed by atoms with Crippen molar-refractivity contribution >= 4 is 29.5 Å². The summed E-state index contributed by atoms with van der Waals surface area (Å²) in [5.74, 6) is -0.330. The lowest BCUT2D eigenvalue weighted by molar-refractivity contribution is -0.139. The molecule has 1 aromatic carbocycles. The van der Waals surface area contributed by atoms with E-state index in [1.165, 1.54) is 4.90 Å². The minimum atomic E-state index is -0.702. The van der Waals surface area contributed by atoms with Crippen molar-refractivity contribution in [3.63, 3.8) is 0 Å². The second-order valence-electron chi connectivity index (χ2n) is 7.91. The summed E-state index contributed by atoms with van der Waals surface area (Å²) in [5, 5.41) is 3.36. The van der Waals surface area contributed by atoms with Gasteiger partial charge in [-0.15, -0.1) is 0 Å². The lowest BCUT2D eigenvalue weighted by Crippen LogP contribution is -2.49. The fraction of sp³-hybridized carbons (Fsp3) is 0.522. The number of ether oxygens (including phenoxy) is 1. The molecule has 1 fully saturated rings. The molecule has 0 spiro atoms. The highest BCUT2D eigenvalue weighted by atomic mass is 35.5. The number of nitrogens with one attached hydrogen (secondary N) is 1. The van der Waals surface area contributed by atoms with Crippen molar-refractivity contribution < 1.29 is 19.1 Å². The maximum atomic E-state index is 13.1. The highest BCUT2D eigenvalue weighted by Gasteiger charge is 2.38. The maximum absolute atomic E-state index is 13.1. The van der Waals surface area contributed by atoms with Crippen molar-refractivity contribution in [1.82, 2.24) is 20.0 Å². The fourth-order valence-corrected chi connectivity index (χ4v) is 4.40. The molecule has 0 unspecified atom stereocenters. The molecular weight excluding hydrogens is 432 g/mol. The van der Waals surface area contributed by atoms with Crippen molar-refractivity contribution in [2.75, 3.05) is 46.4 Å². The van der Waals surface area contributed by atoms with Crippen LogP contribution in [0.4, 0.5) is 4.79 Å². The van der Waals surface area contributed by atoms with Gasteiger partial charge in [0.25, 0.3) is 0 Å². The SMILES string of the molecule is CCOC(=O)C1=C(CN2CCCN(C(=O)CC)CC2)N(C)C(=O)N[C@@H]1c1ccccc1Cl. The third-order valence-electron chi connectivity index (χ3n) is 5.91. The van der Waals surface area contributed by atoms with Crippen LogP contribution in [0.5, 0.6) is 0 Å². The molecule has 2 aliphatic rings. The Labute approximate surface area is 194 Å². The van der Waals surface area contributed by atoms with Gasteiger partial charge in [0.15, 0.2) is 0 Å². The molecule has 174 valence electrons. The van der Waals surface area contributed by atoms with Crippen molar-refractivity contribution in [2.45, 2.75) is 32.7 Å². The Morgan fingerprint density at radius 1 is 1.16 bits per heavy atom. The predicted octanol–water partition coefficient (Wildman–Crippen LogP) is 2.80. The molecule has 0 radical (unpaired) electrons. The number of hydrogen-bond donors (Lipinski definition) is 1. The summed E-state index contributed by atoms with van der Waals surface area (Å²) in [4.78, 5) is 43.6. The number of likely N-dealkylation sites (N-methyl/N-ethyl adjacent to an activating group) is 1. The van der Waals surface area contributed by atoms with E-state index in [2.05, 4.69) is 10.2 Å². The van der Waals surface area contributed by atoms with Crippen LogP contribution < -0.4 is 5.32 Å². The Bertz CT molecular complexity index is 904. The molecule has 1 N–H and O–H groups in total. The van der Waals surface area contributed by atoms with Gasteiger partial charge in [0.05, 0.1) is 18.2 Å². The number of amides is 3. The first kappa shape index (κ1) is 24.1. The maximum Gasteiger partial charge on any atom is 0.338 e. The number of benzene rings is 1. The van der Waals surface area contributed by atoms with E-state index >= 15 is 0 Å². The minimum Gasteiger partial charge on any atom is -0.463 e. The Morgan fingerprint density at radius 2 is 1.91 bits per heavy atom. The van der Waals surface area contributed by atoms with Crippen LogP contribution in [0.25, 0.3) is 0 Å². The zero-order valence-corrected chi connectivity index (χ0v) is 19.7. The van der Waals surface area contributed by atoms with Gasteiger partial charge in [0, 0.05) is 56.9 Å². The summed E-state index contributed by atoms with van der Waals surface area (Å²) in [5.41, 5.74) is 1.62. The monoisotopic (exact) mass is 462 g/mol. The molecule has 0 bridgehead atoms. The third-order valence-corrected chi connectivity index (χ3v) is 6.25. The summed E-state index contributed by atoms with van der Waals surface area (Å²) < 4.78 is 5.37. The smallest absolute Gasteiger partial charge is 0.338 e. The molecular formula is C23H31ClN4O4. The molecule has 1 atom stereocenters. The van der Waals surface area contributed by atoms with Crippen molar-refractivity contribution in [1.29, 1.82) is 0 Å². The summed E-state index contributed by atoms with van der Waals surface area (Å²) >= 11 is 6.42. The second kappa shape index (κ2) is 10.8. The third kappa shape index (κ3) is 5.24. The topological polar surface area (TPSA) is 82.2 Å². The average molecular weight is 463 g/mol. The lowest BCUT2D eigenvalue weighted by atomic mass is 9.94. The Balaban J connectivity index is 1.96. The molecule has 1 saturated heterocycles.